The second kappa shape index (κ2) is 5.59. The van der Waals surface area contributed by atoms with Crippen molar-refractivity contribution in [3.8, 4) is 11.5 Å². The molecular weight excluding hydrogens is 228 g/mol. The van der Waals surface area contributed by atoms with Crippen LogP contribution in [0.1, 0.15) is 18.4 Å². The highest BCUT2D eigenvalue weighted by molar-refractivity contribution is 5.43. The van der Waals surface area contributed by atoms with Gasteiger partial charge in [-0.2, -0.15) is 0 Å². The van der Waals surface area contributed by atoms with Crippen molar-refractivity contribution in [3.63, 3.8) is 0 Å². The van der Waals surface area contributed by atoms with E-state index in [0.717, 1.165) is 37.2 Å². The van der Waals surface area contributed by atoms with Crippen molar-refractivity contribution in [2.24, 2.45) is 0 Å². The van der Waals surface area contributed by atoms with Gasteiger partial charge in [-0.05, 0) is 30.5 Å². The molecule has 0 spiro atoms. The lowest BCUT2D eigenvalue weighted by Gasteiger charge is -2.19. The molecule has 4 nitrogen and oxygen atoms in total. The molecular formula is C14H20N2O2. The van der Waals surface area contributed by atoms with E-state index >= 15 is 0 Å². The summed E-state index contributed by atoms with van der Waals surface area (Å²) in [4.78, 5) is 0. The van der Waals surface area contributed by atoms with Crippen LogP contribution in [0.25, 0.3) is 0 Å². The maximum Gasteiger partial charge on any atom is 0.161 e. The number of nitrogens with one attached hydrogen (secondary N) is 2. The summed E-state index contributed by atoms with van der Waals surface area (Å²) in [5, 5.41) is 6.92. The molecule has 0 aromatic heterocycles. The van der Waals surface area contributed by atoms with Crippen molar-refractivity contribution < 1.29 is 9.47 Å². The van der Waals surface area contributed by atoms with E-state index in [1.165, 1.54) is 18.4 Å². The highest BCUT2D eigenvalue weighted by atomic mass is 16.6. The maximum atomic E-state index is 5.57. The zero-order chi connectivity index (χ0) is 12.2. The number of hydrogen-bond acceptors (Lipinski definition) is 4. The fraction of sp³-hybridized carbons (Fsp3) is 0.571. The Morgan fingerprint density at radius 2 is 1.89 bits per heavy atom. The molecule has 1 aliphatic heterocycles. The van der Waals surface area contributed by atoms with Crippen molar-refractivity contribution >= 4 is 0 Å². The normalized spacial score (nSPS) is 17.8. The van der Waals surface area contributed by atoms with Gasteiger partial charge in [-0.25, -0.2) is 0 Å². The maximum absolute atomic E-state index is 5.57. The third-order valence-corrected chi connectivity index (χ3v) is 3.25. The summed E-state index contributed by atoms with van der Waals surface area (Å²) in [5.74, 6) is 1.73. The summed E-state index contributed by atoms with van der Waals surface area (Å²) in [6.07, 6.45) is 2.70. The molecule has 4 heteroatoms. The van der Waals surface area contributed by atoms with Crippen LogP contribution in [0, 0.1) is 0 Å². The third kappa shape index (κ3) is 3.15. The van der Waals surface area contributed by atoms with Gasteiger partial charge in [-0.1, -0.05) is 6.07 Å². The van der Waals surface area contributed by atoms with Gasteiger partial charge in [0, 0.05) is 25.7 Å². The van der Waals surface area contributed by atoms with Gasteiger partial charge in [0.2, 0.25) is 0 Å². The van der Waals surface area contributed by atoms with E-state index in [9.17, 15) is 0 Å². The number of benzene rings is 1. The Morgan fingerprint density at radius 3 is 2.72 bits per heavy atom. The van der Waals surface area contributed by atoms with Crippen LogP contribution in [0.2, 0.25) is 0 Å². The van der Waals surface area contributed by atoms with Gasteiger partial charge in [0.1, 0.15) is 13.2 Å². The molecule has 0 saturated heterocycles. The van der Waals surface area contributed by atoms with Gasteiger partial charge in [0.15, 0.2) is 11.5 Å². The number of ether oxygens (including phenoxy) is 2. The number of rotatable bonds is 6. The van der Waals surface area contributed by atoms with Crippen molar-refractivity contribution in [1.82, 2.24) is 10.6 Å². The van der Waals surface area contributed by atoms with Gasteiger partial charge in [-0.3, -0.25) is 0 Å². The van der Waals surface area contributed by atoms with Crippen molar-refractivity contribution in [3.05, 3.63) is 23.8 Å². The molecule has 1 aliphatic carbocycles. The first-order chi connectivity index (χ1) is 8.92. The zero-order valence-corrected chi connectivity index (χ0v) is 10.6. The summed E-state index contributed by atoms with van der Waals surface area (Å²) >= 11 is 0. The Labute approximate surface area is 108 Å². The Hall–Kier alpha value is -1.26. The molecule has 1 aromatic carbocycles. The lowest BCUT2D eigenvalue weighted by molar-refractivity contribution is 0.171. The predicted molar refractivity (Wildman–Crippen MR) is 70.2 cm³/mol. The van der Waals surface area contributed by atoms with Gasteiger partial charge < -0.3 is 20.1 Å². The van der Waals surface area contributed by atoms with E-state index in [-0.39, 0.29) is 0 Å². The Balaban J connectivity index is 1.43. The Bertz CT molecular complexity index is 405. The van der Waals surface area contributed by atoms with E-state index < -0.39 is 0 Å². The summed E-state index contributed by atoms with van der Waals surface area (Å²) in [6, 6.07) is 6.94. The van der Waals surface area contributed by atoms with E-state index in [1.807, 2.05) is 6.07 Å². The molecule has 0 unspecified atom stereocenters. The SMILES string of the molecule is c1cc2c(cc1CNCCNC1CC1)OCCO2. The van der Waals surface area contributed by atoms with Crippen LogP contribution in [-0.2, 0) is 6.54 Å². The average molecular weight is 248 g/mol. The lowest BCUT2D eigenvalue weighted by Crippen LogP contribution is -2.28. The summed E-state index contributed by atoms with van der Waals surface area (Å²) in [5.41, 5.74) is 1.24. The van der Waals surface area contributed by atoms with Crippen molar-refractivity contribution in [2.45, 2.75) is 25.4 Å². The minimum absolute atomic E-state index is 0.648. The second-order valence-corrected chi connectivity index (χ2v) is 4.88. The van der Waals surface area contributed by atoms with Crippen LogP contribution in [-0.4, -0.2) is 32.3 Å². The minimum Gasteiger partial charge on any atom is -0.486 e. The average Bonchev–Trinajstić information content (AvgIpc) is 3.22. The molecule has 18 heavy (non-hydrogen) atoms. The van der Waals surface area contributed by atoms with Crippen LogP contribution >= 0.6 is 0 Å². The van der Waals surface area contributed by atoms with Crippen molar-refractivity contribution in [1.29, 1.82) is 0 Å². The van der Waals surface area contributed by atoms with E-state index in [2.05, 4.69) is 22.8 Å². The number of hydrogen-bond donors (Lipinski definition) is 2. The zero-order valence-electron chi connectivity index (χ0n) is 10.6. The summed E-state index contributed by atoms with van der Waals surface area (Å²) < 4.78 is 11.1. The quantitative estimate of drug-likeness (QED) is 0.745. The Kier molecular flexibility index (Phi) is 3.67. The van der Waals surface area contributed by atoms with E-state index in [4.69, 9.17) is 9.47 Å². The lowest BCUT2D eigenvalue weighted by atomic mass is 10.2. The molecule has 98 valence electrons. The fourth-order valence-corrected chi connectivity index (χ4v) is 2.08. The molecule has 2 N–H and O–H groups in total. The summed E-state index contributed by atoms with van der Waals surface area (Å²) in [6.45, 7) is 4.23. The smallest absolute Gasteiger partial charge is 0.161 e. The fourth-order valence-electron chi connectivity index (χ4n) is 2.08. The molecule has 0 amide bonds. The first-order valence-corrected chi connectivity index (χ1v) is 6.74. The molecule has 0 atom stereocenters. The molecule has 1 fully saturated rings. The predicted octanol–water partition coefficient (Wildman–Crippen LogP) is 1.30. The molecule has 1 heterocycles. The molecule has 0 bridgehead atoms. The highest BCUT2D eigenvalue weighted by Crippen LogP contribution is 2.30. The second-order valence-electron chi connectivity index (χ2n) is 4.88. The first kappa shape index (κ1) is 11.8. The van der Waals surface area contributed by atoms with E-state index in [1.54, 1.807) is 0 Å². The standard InChI is InChI=1S/C14H20N2O2/c1-4-13-14(18-8-7-17-13)9-11(1)10-15-5-6-16-12-2-3-12/h1,4,9,12,15-16H,2-3,5-8,10H2. The largest absolute Gasteiger partial charge is 0.486 e. The van der Waals surface area contributed by atoms with Crippen LogP contribution in [0.3, 0.4) is 0 Å². The molecule has 3 rings (SSSR count). The Morgan fingerprint density at radius 1 is 1.06 bits per heavy atom. The molecule has 1 saturated carbocycles. The van der Waals surface area contributed by atoms with Gasteiger partial charge >= 0.3 is 0 Å². The van der Waals surface area contributed by atoms with Crippen LogP contribution < -0.4 is 20.1 Å². The van der Waals surface area contributed by atoms with E-state index in [0.29, 0.717) is 13.2 Å². The van der Waals surface area contributed by atoms with Gasteiger partial charge in [0.25, 0.3) is 0 Å². The third-order valence-electron chi connectivity index (χ3n) is 3.25. The number of fused-ring (bicyclic) bond motifs is 1. The van der Waals surface area contributed by atoms with Crippen LogP contribution in [0.5, 0.6) is 11.5 Å². The summed E-state index contributed by atoms with van der Waals surface area (Å²) in [7, 11) is 0. The van der Waals surface area contributed by atoms with Gasteiger partial charge in [0.05, 0.1) is 0 Å². The van der Waals surface area contributed by atoms with Crippen LogP contribution in [0.4, 0.5) is 0 Å². The van der Waals surface area contributed by atoms with Crippen molar-refractivity contribution in [2.75, 3.05) is 26.3 Å². The molecule has 1 aromatic rings. The molecule has 2 aliphatic rings. The van der Waals surface area contributed by atoms with Crippen LogP contribution in [0.15, 0.2) is 18.2 Å². The molecule has 0 radical (unpaired) electrons. The first-order valence-electron chi connectivity index (χ1n) is 6.74. The minimum atomic E-state index is 0.648. The van der Waals surface area contributed by atoms with Gasteiger partial charge in [-0.15, -0.1) is 0 Å². The topological polar surface area (TPSA) is 42.5 Å². The monoisotopic (exact) mass is 248 g/mol. The highest BCUT2D eigenvalue weighted by Gasteiger charge is 2.19.